The van der Waals surface area contributed by atoms with Gasteiger partial charge in [0.25, 0.3) is 0 Å². The molecule has 0 aromatic rings. The maximum Gasteiger partial charge on any atom is 0.306 e. The van der Waals surface area contributed by atoms with Gasteiger partial charge in [-0.2, -0.15) is 0 Å². The lowest BCUT2D eigenvalue weighted by atomic mass is 10.1. The quantitative estimate of drug-likeness (QED) is 0.536. The second-order valence-corrected chi connectivity index (χ2v) is 4.56. The Hall–Kier alpha value is -0.940. The molecule has 0 aromatic carbocycles. The predicted octanol–water partition coefficient (Wildman–Crippen LogP) is 1.65. The van der Waals surface area contributed by atoms with Gasteiger partial charge in [0.1, 0.15) is 5.78 Å². The Morgan fingerprint density at radius 2 is 1.89 bits per heavy atom. The minimum atomic E-state index is -0.303. The Morgan fingerprint density at radius 3 is 2.42 bits per heavy atom. The summed E-state index contributed by atoms with van der Waals surface area (Å²) in [7, 11) is 1.65. The number of esters is 1. The third kappa shape index (κ3) is 8.72. The second-order valence-electron chi connectivity index (χ2n) is 4.56. The van der Waals surface area contributed by atoms with Gasteiger partial charge in [0.05, 0.1) is 26.2 Å². The van der Waals surface area contributed by atoms with Crippen LogP contribution in [0.4, 0.5) is 0 Å². The molecule has 0 rings (SSSR count). The normalized spacial score (nSPS) is 12.5. The van der Waals surface area contributed by atoms with E-state index in [1.165, 1.54) is 0 Å². The van der Waals surface area contributed by atoms with Gasteiger partial charge in [-0.3, -0.25) is 14.5 Å². The van der Waals surface area contributed by atoms with E-state index < -0.39 is 0 Å². The monoisotopic (exact) mass is 273 g/mol. The molecule has 0 N–H and O–H groups in total. The van der Waals surface area contributed by atoms with Crippen molar-refractivity contribution >= 4 is 11.8 Å². The molecule has 0 aliphatic rings. The van der Waals surface area contributed by atoms with Gasteiger partial charge in [-0.05, 0) is 20.3 Å². The van der Waals surface area contributed by atoms with Crippen LogP contribution in [0.15, 0.2) is 0 Å². The molecule has 0 aromatic heterocycles. The van der Waals surface area contributed by atoms with Crippen molar-refractivity contribution in [3.8, 4) is 0 Å². The van der Waals surface area contributed by atoms with Crippen LogP contribution in [-0.4, -0.2) is 56.1 Å². The van der Waals surface area contributed by atoms with Crippen LogP contribution in [0.2, 0.25) is 0 Å². The molecular weight excluding hydrogens is 246 g/mol. The number of nitrogens with zero attached hydrogens (tertiary/aromatic N) is 1. The minimum Gasteiger partial charge on any atom is -0.466 e. The van der Waals surface area contributed by atoms with Crippen molar-refractivity contribution in [3.05, 3.63) is 0 Å². The molecule has 0 spiro atoms. The van der Waals surface area contributed by atoms with E-state index in [2.05, 4.69) is 18.7 Å². The highest BCUT2D eigenvalue weighted by Gasteiger charge is 2.16. The van der Waals surface area contributed by atoms with E-state index in [-0.39, 0.29) is 24.6 Å². The summed E-state index contributed by atoms with van der Waals surface area (Å²) in [6, 6.07) is 0.335. The first-order valence-corrected chi connectivity index (χ1v) is 6.95. The molecule has 1 atom stereocenters. The van der Waals surface area contributed by atoms with Crippen molar-refractivity contribution in [3.63, 3.8) is 0 Å². The summed E-state index contributed by atoms with van der Waals surface area (Å²) >= 11 is 0. The Balaban J connectivity index is 4.11. The van der Waals surface area contributed by atoms with E-state index in [0.717, 1.165) is 13.0 Å². The molecule has 0 aliphatic carbocycles. The van der Waals surface area contributed by atoms with Crippen molar-refractivity contribution in [2.45, 2.75) is 46.1 Å². The van der Waals surface area contributed by atoms with Gasteiger partial charge in [-0.1, -0.05) is 6.92 Å². The summed E-state index contributed by atoms with van der Waals surface area (Å²) in [5.41, 5.74) is 0. The summed E-state index contributed by atoms with van der Waals surface area (Å²) in [6.45, 7) is 8.01. The molecule has 0 radical (unpaired) electrons. The van der Waals surface area contributed by atoms with Gasteiger partial charge in [0, 0.05) is 26.1 Å². The highest BCUT2D eigenvalue weighted by molar-refractivity contribution is 5.84. The van der Waals surface area contributed by atoms with E-state index in [0.29, 0.717) is 25.8 Å². The maximum absolute atomic E-state index is 11.9. The molecule has 0 amide bonds. The van der Waals surface area contributed by atoms with Crippen LogP contribution in [0.3, 0.4) is 0 Å². The molecule has 5 heteroatoms. The summed E-state index contributed by atoms with van der Waals surface area (Å²) < 4.78 is 9.86. The molecule has 0 bridgehead atoms. The van der Waals surface area contributed by atoms with Gasteiger partial charge in [-0.15, -0.1) is 0 Å². The number of hydrogen-bond donors (Lipinski definition) is 0. The first-order chi connectivity index (χ1) is 9.04. The van der Waals surface area contributed by atoms with E-state index in [4.69, 9.17) is 9.47 Å². The SMILES string of the molecule is CCOC(=O)CCC(=O)CN(CCOC)C(C)CC. The molecule has 0 heterocycles. The summed E-state index contributed by atoms with van der Waals surface area (Å²) in [5.74, 6) is -0.229. The smallest absolute Gasteiger partial charge is 0.306 e. The largest absolute Gasteiger partial charge is 0.466 e. The maximum atomic E-state index is 11.9. The second kappa shape index (κ2) is 10.9. The lowest BCUT2D eigenvalue weighted by Crippen LogP contribution is -2.39. The first-order valence-electron chi connectivity index (χ1n) is 6.95. The zero-order chi connectivity index (χ0) is 14.7. The Kier molecular flexibility index (Phi) is 10.4. The third-order valence-electron chi connectivity index (χ3n) is 3.09. The van der Waals surface area contributed by atoms with Crippen molar-refractivity contribution in [2.75, 3.05) is 33.4 Å². The average molecular weight is 273 g/mol. The predicted molar refractivity (Wildman–Crippen MR) is 74.1 cm³/mol. The minimum absolute atomic E-state index is 0.0736. The number of hydrogen-bond acceptors (Lipinski definition) is 5. The lowest BCUT2D eigenvalue weighted by Gasteiger charge is -2.27. The number of Topliss-reactive ketones (excluding diaryl/α,β-unsaturated/α-hetero) is 1. The average Bonchev–Trinajstić information content (AvgIpc) is 2.40. The molecule has 112 valence electrons. The summed E-state index contributed by atoms with van der Waals surface area (Å²) in [6.07, 6.45) is 1.40. The van der Waals surface area contributed by atoms with Gasteiger partial charge in [0.15, 0.2) is 0 Å². The molecular formula is C14H27NO4. The lowest BCUT2D eigenvalue weighted by molar-refractivity contribution is -0.144. The third-order valence-corrected chi connectivity index (χ3v) is 3.09. The van der Waals surface area contributed by atoms with Crippen LogP contribution in [-0.2, 0) is 19.1 Å². The molecule has 19 heavy (non-hydrogen) atoms. The molecule has 1 unspecified atom stereocenters. The molecule has 0 saturated carbocycles. The number of carbonyl (C=O) groups is 2. The van der Waals surface area contributed by atoms with Gasteiger partial charge in [-0.25, -0.2) is 0 Å². The Bertz CT molecular complexity index is 268. The Labute approximate surface area is 116 Å². The fourth-order valence-corrected chi connectivity index (χ4v) is 1.70. The summed E-state index contributed by atoms with van der Waals surface area (Å²) in [4.78, 5) is 25.1. The van der Waals surface area contributed by atoms with Crippen LogP contribution >= 0.6 is 0 Å². The van der Waals surface area contributed by atoms with Crippen molar-refractivity contribution in [2.24, 2.45) is 0 Å². The highest BCUT2D eigenvalue weighted by atomic mass is 16.5. The topological polar surface area (TPSA) is 55.8 Å². The van der Waals surface area contributed by atoms with Gasteiger partial charge < -0.3 is 9.47 Å². The van der Waals surface area contributed by atoms with Gasteiger partial charge in [0.2, 0.25) is 0 Å². The standard InChI is InChI=1S/C14H27NO4/c1-5-12(3)15(9-10-18-4)11-13(16)7-8-14(17)19-6-2/h12H,5-11H2,1-4H3. The van der Waals surface area contributed by atoms with Crippen molar-refractivity contribution in [1.29, 1.82) is 0 Å². The van der Waals surface area contributed by atoms with Crippen LogP contribution in [0.25, 0.3) is 0 Å². The van der Waals surface area contributed by atoms with E-state index >= 15 is 0 Å². The zero-order valence-electron chi connectivity index (χ0n) is 12.6. The van der Waals surface area contributed by atoms with E-state index in [9.17, 15) is 9.59 Å². The van der Waals surface area contributed by atoms with Crippen LogP contribution in [0.1, 0.15) is 40.0 Å². The highest BCUT2D eigenvalue weighted by Crippen LogP contribution is 2.05. The molecule has 0 fully saturated rings. The van der Waals surface area contributed by atoms with Crippen molar-refractivity contribution < 1.29 is 19.1 Å². The number of ketones is 1. The fourth-order valence-electron chi connectivity index (χ4n) is 1.70. The fraction of sp³-hybridized carbons (Fsp3) is 0.857. The molecule has 0 aliphatic heterocycles. The number of rotatable bonds is 11. The van der Waals surface area contributed by atoms with E-state index in [1.54, 1.807) is 14.0 Å². The Morgan fingerprint density at radius 1 is 1.21 bits per heavy atom. The van der Waals surface area contributed by atoms with E-state index in [1.807, 2.05) is 0 Å². The van der Waals surface area contributed by atoms with Crippen molar-refractivity contribution in [1.82, 2.24) is 4.90 Å². The number of carbonyl (C=O) groups excluding carboxylic acids is 2. The van der Waals surface area contributed by atoms with Gasteiger partial charge >= 0.3 is 5.97 Å². The molecule has 5 nitrogen and oxygen atoms in total. The molecule has 0 saturated heterocycles. The zero-order valence-corrected chi connectivity index (χ0v) is 12.6. The van der Waals surface area contributed by atoms with Crippen LogP contribution < -0.4 is 0 Å². The number of ether oxygens (including phenoxy) is 2. The first kappa shape index (κ1) is 18.1. The van der Waals surface area contributed by atoms with Crippen LogP contribution in [0.5, 0.6) is 0 Å². The van der Waals surface area contributed by atoms with Crippen LogP contribution in [0, 0.1) is 0 Å². The summed E-state index contributed by atoms with van der Waals surface area (Å²) in [5, 5.41) is 0. The number of methoxy groups -OCH3 is 1.